The Bertz CT molecular complexity index is 310. The number of carboxylic acid groups (broad SMARTS) is 1. The number of H-pyrrole nitrogens is 1. The molecule has 1 unspecified atom stereocenters. The topological polar surface area (TPSA) is 69.2 Å². The van der Waals surface area contributed by atoms with E-state index >= 15 is 0 Å². The van der Waals surface area contributed by atoms with E-state index in [1.165, 1.54) is 4.90 Å². The van der Waals surface area contributed by atoms with E-state index in [-0.39, 0.29) is 5.92 Å². The summed E-state index contributed by atoms with van der Waals surface area (Å²) in [5.74, 6) is 1.13. The van der Waals surface area contributed by atoms with Gasteiger partial charge >= 0.3 is 6.09 Å². The van der Waals surface area contributed by atoms with E-state index in [0.29, 0.717) is 13.1 Å². The van der Waals surface area contributed by atoms with Crippen molar-refractivity contribution in [2.75, 3.05) is 13.1 Å². The second-order valence-corrected chi connectivity index (χ2v) is 3.54. The van der Waals surface area contributed by atoms with Crippen LogP contribution in [0.3, 0.4) is 0 Å². The lowest BCUT2D eigenvalue weighted by Crippen LogP contribution is -2.38. The molecule has 2 heterocycles. The van der Waals surface area contributed by atoms with Crippen molar-refractivity contribution in [3.63, 3.8) is 0 Å². The van der Waals surface area contributed by atoms with Crippen LogP contribution in [0.1, 0.15) is 24.6 Å². The Labute approximate surface area is 81.8 Å². The summed E-state index contributed by atoms with van der Waals surface area (Å²) in [5.41, 5.74) is 0. The minimum atomic E-state index is -0.832. The lowest BCUT2D eigenvalue weighted by Gasteiger charge is -2.29. The number of aromatic nitrogens is 2. The highest BCUT2D eigenvalue weighted by Gasteiger charge is 2.25. The Morgan fingerprint density at radius 1 is 1.71 bits per heavy atom. The van der Waals surface area contributed by atoms with Crippen LogP contribution in [0.2, 0.25) is 0 Å². The summed E-state index contributed by atoms with van der Waals surface area (Å²) < 4.78 is 0. The number of likely N-dealkylation sites (tertiary alicyclic amines) is 1. The molecule has 0 bridgehead atoms. The van der Waals surface area contributed by atoms with Gasteiger partial charge in [-0.2, -0.15) is 0 Å². The van der Waals surface area contributed by atoms with E-state index in [1.54, 1.807) is 12.4 Å². The van der Waals surface area contributed by atoms with Crippen LogP contribution in [0.5, 0.6) is 0 Å². The minimum absolute atomic E-state index is 0.231. The number of aromatic amines is 1. The molecule has 14 heavy (non-hydrogen) atoms. The van der Waals surface area contributed by atoms with Gasteiger partial charge in [0.25, 0.3) is 0 Å². The van der Waals surface area contributed by atoms with Crippen LogP contribution in [0, 0.1) is 0 Å². The largest absolute Gasteiger partial charge is 0.465 e. The molecule has 1 atom stereocenters. The van der Waals surface area contributed by atoms with Crippen LogP contribution < -0.4 is 0 Å². The third-order valence-electron chi connectivity index (χ3n) is 2.60. The summed E-state index contributed by atoms with van der Waals surface area (Å²) in [4.78, 5) is 19.4. The van der Waals surface area contributed by atoms with Crippen LogP contribution in [-0.2, 0) is 0 Å². The monoisotopic (exact) mass is 195 g/mol. The third-order valence-corrected chi connectivity index (χ3v) is 2.60. The van der Waals surface area contributed by atoms with Crippen molar-refractivity contribution < 1.29 is 9.90 Å². The molecule has 2 rings (SSSR count). The zero-order valence-electron chi connectivity index (χ0n) is 7.81. The molecule has 1 aliphatic heterocycles. The van der Waals surface area contributed by atoms with Gasteiger partial charge in [-0.3, -0.25) is 0 Å². The average molecular weight is 195 g/mol. The van der Waals surface area contributed by atoms with Gasteiger partial charge in [-0.25, -0.2) is 9.78 Å². The molecule has 0 saturated carbocycles. The summed E-state index contributed by atoms with van der Waals surface area (Å²) in [6.07, 6.45) is 4.57. The Morgan fingerprint density at radius 2 is 2.57 bits per heavy atom. The summed E-state index contributed by atoms with van der Waals surface area (Å²) in [7, 11) is 0. The molecule has 0 aliphatic carbocycles. The van der Waals surface area contributed by atoms with Crippen molar-refractivity contribution in [1.82, 2.24) is 14.9 Å². The minimum Gasteiger partial charge on any atom is -0.465 e. The molecule has 0 radical (unpaired) electrons. The van der Waals surface area contributed by atoms with Crippen LogP contribution in [0.4, 0.5) is 4.79 Å². The van der Waals surface area contributed by atoms with E-state index in [2.05, 4.69) is 9.97 Å². The Morgan fingerprint density at radius 3 is 3.21 bits per heavy atom. The third kappa shape index (κ3) is 1.71. The average Bonchev–Trinajstić information content (AvgIpc) is 2.71. The summed E-state index contributed by atoms with van der Waals surface area (Å²) in [6.45, 7) is 1.20. The summed E-state index contributed by atoms with van der Waals surface area (Å²) in [6, 6.07) is 0. The normalized spacial score (nSPS) is 22.3. The van der Waals surface area contributed by atoms with Crippen LogP contribution in [0.25, 0.3) is 0 Å². The highest BCUT2D eigenvalue weighted by atomic mass is 16.4. The van der Waals surface area contributed by atoms with Gasteiger partial charge in [0.05, 0.1) is 0 Å². The first-order chi connectivity index (χ1) is 6.77. The van der Waals surface area contributed by atoms with Gasteiger partial charge in [-0.05, 0) is 12.8 Å². The predicted octanol–water partition coefficient (Wildman–Crippen LogP) is 1.27. The molecule has 1 fully saturated rings. The number of amides is 1. The Balaban J connectivity index is 2.04. The molecule has 5 nitrogen and oxygen atoms in total. The van der Waals surface area contributed by atoms with Gasteiger partial charge < -0.3 is 15.0 Å². The Kier molecular flexibility index (Phi) is 2.39. The fourth-order valence-electron chi connectivity index (χ4n) is 1.87. The maximum absolute atomic E-state index is 10.8. The van der Waals surface area contributed by atoms with E-state index in [0.717, 1.165) is 18.7 Å². The number of carbonyl (C=O) groups is 1. The number of nitrogens with one attached hydrogen (secondary N) is 1. The summed E-state index contributed by atoms with van der Waals surface area (Å²) in [5, 5.41) is 8.85. The molecular weight excluding hydrogens is 182 g/mol. The highest BCUT2D eigenvalue weighted by molar-refractivity contribution is 5.65. The van der Waals surface area contributed by atoms with Gasteiger partial charge in [-0.15, -0.1) is 0 Å². The Hall–Kier alpha value is -1.52. The van der Waals surface area contributed by atoms with Crippen molar-refractivity contribution in [2.24, 2.45) is 0 Å². The molecule has 1 saturated heterocycles. The number of rotatable bonds is 1. The predicted molar refractivity (Wildman–Crippen MR) is 50.2 cm³/mol. The zero-order chi connectivity index (χ0) is 9.97. The SMILES string of the molecule is O=C(O)N1CCCC(c2ncc[nH]2)C1. The van der Waals surface area contributed by atoms with E-state index in [4.69, 9.17) is 5.11 Å². The maximum Gasteiger partial charge on any atom is 0.407 e. The number of nitrogens with zero attached hydrogens (tertiary/aromatic N) is 2. The molecule has 2 N–H and O–H groups in total. The molecule has 5 heteroatoms. The van der Waals surface area contributed by atoms with E-state index in [1.807, 2.05) is 0 Å². The molecule has 76 valence electrons. The van der Waals surface area contributed by atoms with Gasteiger partial charge in [0.2, 0.25) is 0 Å². The van der Waals surface area contributed by atoms with Gasteiger partial charge in [0.1, 0.15) is 5.82 Å². The van der Waals surface area contributed by atoms with Crippen LogP contribution >= 0.6 is 0 Å². The number of hydrogen-bond donors (Lipinski definition) is 2. The molecule has 1 aliphatic rings. The molecule has 0 aromatic carbocycles. The molecule has 1 amide bonds. The van der Waals surface area contributed by atoms with Crippen LogP contribution in [-0.4, -0.2) is 39.2 Å². The fraction of sp³-hybridized carbons (Fsp3) is 0.556. The first-order valence-corrected chi connectivity index (χ1v) is 4.74. The molecule has 1 aromatic heterocycles. The highest BCUT2D eigenvalue weighted by Crippen LogP contribution is 2.23. The maximum atomic E-state index is 10.8. The van der Waals surface area contributed by atoms with Crippen molar-refractivity contribution >= 4 is 6.09 Å². The van der Waals surface area contributed by atoms with Crippen molar-refractivity contribution in [3.05, 3.63) is 18.2 Å². The van der Waals surface area contributed by atoms with Crippen molar-refractivity contribution in [3.8, 4) is 0 Å². The van der Waals surface area contributed by atoms with Crippen molar-refractivity contribution in [1.29, 1.82) is 0 Å². The lowest BCUT2D eigenvalue weighted by atomic mass is 9.98. The molecule has 0 spiro atoms. The lowest BCUT2D eigenvalue weighted by molar-refractivity contribution is 0.129. The molecular formula is C9H13N3O2. The quantitative estimate of drug-likeness (QED) is 0.708. The number of hydrogen-bond acceptors (Lipinski definition) is 2. The standard InChI is InChI=1S/C9H13N3O2/c13-9(14)12-5-1-2-7(6-12)8-10-3-4-11-8/h3-4,7H,1-2,5-6H2,(H,10,11)(H,13,14). The van der Waals surface area contributed by atoms with Gasteiger partial charge in [-0.1, -0.05) is 0 Å². The first kappa shape index (κ1) is 9.05. The van der Waals surface area contributed by atoms with E-state index < -0.39 is 6.09 Å². The second-order valence-electron chi connectivity index (χ2n) is 3.54. The second kappa shape index (κ2) is 3.69. The number of piperidine rings is 1. The molecule has 1 aromatic rings. The van der Waals surface area contributed by atoms with E-state index in [9.17, 15) is 4.79 Å². The zero-order valence-corrected chi connectivity index (χ0v) is 7.81. The van der Waals surface area contributed by atoms with Gasteiger partial charge in [0.15, 0.2) is 0 Å². The fourth-order valence-corrected chi connectivity index (χ4v) is 1.87. The number of imidazole rings is 1. The first-order valence-electron chi connectivity index (χ1n) is 4.74. The van der Waals surface area contributed by atoms with Gasteiger partial charge in [0, 0.05) is 31.4 Å². The summed E-state index contributed by atoms with van der Waals surface area (Å²) >= 11 is 0. The van der Waals surface area contributed by atoms with Crippen molar-refractivity contribution in [2.45, 2.75) is 18.8 Å². The van der Waals surface area contributed by atoms with Crippen LogP contribution in [0.15, 0.2) is 12.4 Å². The smallest absolute Gasteiger partial charge is 0.407 e.